The summed E-state index contributed by atoms with van der Waals surface area (Å²) in [5.41, 5.74) is 1.17. The minimum Gasteiger partial charge on any atom is -0.493 e. The first-order chi connectivity index (χ1) is 25.9. The van der Waals surface area contributed by atoms with Gasteiger partial charge in [-0.3, -0.25) is 9.59 Å². The van der Waals surface area contributed by atoms with E-state index in [0.717, 1.165) is 10.9 Å². The van der Waals surface area contributed by atoms with Crippen LogP contribution in [-0.2, 0) is 34.6 Å². The SMILES string of the molecule is COc1ccc2c(CCOC(C)=O)c(C#C[C@](CCCO[Si](c3ccccc3)(c3ccccc3)C(C)(C)C)(CC(=O)N(C)C)C3OCCO3)[nH]c2c1OC. The van der Waals surface area contributed by atoms with Gasteiger partial charge in [-0.1, -0.05) is 87.4 Å². The Morgan fingerprint density at radius 2 is 1.54 bits per heavy atom. The summed E-state index contributed by atoms with van der Waals surface area (Å²) in [4.78, 5) is 30.4. The number of hydrogen-bond acceptors (Lipinski definition) is 8. The number of hydrogen-bond donors (Lipinski definition) is 1. The normalized spacial score (nSPS) is 14.6. The molecular formula is C43H54N2O8Si. The molecule has 0 radical (unpaired) electrons. The van der Waals surface area contributed by atoms with Crippen molar-refractivity contribution in [2.75, 3.05) is 54.7 Å². The van der Waals surface area contributed by atoms with Crippen LogP contribution < -0.4 is 19.8 Å². The molecule has 1 aliphatic rings. The maximum Gasteiger partial charge on any atom is 0.302 e. The molecule has 1 fully saturated rings. The Balaban J connectivity index is 1.57. The van der Waals surface area contributed by atoms with Gasteiger partial charge < -0.3 is 38.0 Å². The number of fused-ring (bicyclic) bond motifs is 1. The number of carbonyl (C=O) groups is 2. The Hall–Kier alpha value is -4.60. The Morgan fingerprint density at radius 1 is 0.907 bits per heavy atom. The molecule has 5 rings (SSSR count). The topological polar surface area (TPSA) is 109 Å². The van der Waals surface area contributed by atoms with E-state index in [1.54, 1.807) is 33.2 Å². The number of H-pyrrole nitrogens is 1. The fourth-order valence-corrected chi connectivity index (χ4v) is 12.0. The van der Waals surface area contributed by atoms with E-state index in [4.69, 9.17) is 28.1 Å². The summed E-state index contributed by atoms with van der Waals surface area (Å²) < 4.78 is 36.3. The Morgan fingerprint density at radius 3 is 2.07 bits per heavy atom. The van der Waals surface area contributed by atoms with Gasteiger partial charge in [0.2, 0.25) is 5.91 Å². The van der Waals surface area contributed by atoms with Crippen LogP contribution in [0.2, 0.25) is 5.04 Å². The first kappa shape index (κ1) is 40.6. The third kappa shape index (κ3) is 8.68. The minimum absolute atomic E-state index is 0.0804. The summed E-state index contributed by atoms with van der Waals surface area (Å²) in [6.07, 6.45) is 0.830. The smallest absolute Gasteiger partial charge is 0.302 e. The number of methoxy groups -OCH3 is 2. The molecule has 2 heterocycles. The van der Waals surface area contributed by atoms with Crippen LogP contribution in [0.3, 0.4) is 0 Å². The molecule has 0 saturated carbocycles. The summed E-state index contributed by atoms with van der Waals surface area (Å²) in [7, 11) is 3.86. The lowest BCUT2D eigenvalue weighted by Crippen LogP contribution is -2.66. The summed E-state index contributed by atoms with van der Waals surface area (Å²) in [5.74, 6) is 7.60. The van der Waals surface area contributed by atoms with E-state index in [1.165, 1.54) is 17.3 Å². The van der Waals surface area contributed by atoms with Crippen LogP contribution in [0.25, 0.3) is 10.9 Å². The Labute approximate surface area is 320 Å². The van der Waals surface area contributed by atoms with Gasteiger partial charge in [0.25, 0.3) is 8.32 Å². The number of carbonyl (C=O) groups excluding carboxylic acids is 2. The molecule has 54 heavy (non-hydrogen) atoms. The summed E-state index contributed by atoms with van der Waals surface area (Å²) in [5, 5.41) is 3.08. The standard InChI is InChI=1S/C43H54N2O8Si/c1-31(46)50-27-23-34-35-20-21-37(48-7)40(49-8)39(35)44-36(34)22-25-43(30-38(47)45(5)6,41-51-28-29-52-41)24-15-26-53-54(42(2,3)4,32-16-11-9-12-17-32)33-18-13-10-14-19-33/h9-14,16-21,41,44H,15,23-24,26-30H2,1-8H3/t43-/m1/s1. The van der Waals surface area contributed by atoms with Crippen molar-refractivity contribution < 1.29 is 37.7 Å². The van der Waals surface area contributed by atoms with Crippen LogP contribution in [0, 0.1) is 17.3 Å². The van der Waals surface area contributed by atoms with Crippen molar-refractivity contribution in [3.63, 3.8) is 0 Å². The predicted molar refractivity (Wildman–Crippen MR) is 213 cm³/mol. The zero-order valence-electron chi connectivity index (χ0n) is 32.9. The number of rotatable bonds is 15. The van der Waals surface area contributed by atoms with Gasteiger partial charge in [0, 0.05) is 45.9 Å². The van der Waals surface area contributed by atoms with Crippen molar-refractivity contribution in [2.24, 2.45) is 5.41 Å². The summed E-state index contributed by atoms with van der Waals surface area (Å²) in [6, 6.07) is 24.9. The minimum atomic E-state index is -2.80. The number of nitrogens with one attached hydrogen (secondary N) is 1. The van der Waals surface area contributed by atoms with Crippen molar-refractivity contribution in [3.8, 4) is 23.3 Å². The zero-order chi connectivity index (χ0) is 38.9. The molecule has 0 bridgehead atoms. The van der Waals surface area contributed by atoms with E-state index >= 15 is 0 Å². The molecular weight excluding hydrogens is 701 g/mol. The van der Waals surface area contributed by atoms with E-state index in [9.17, 15) is 9.59 Å². The highest BCUT2D eigenvalue weighted by molar-refractivity contribution is 6.99. The molecule has 288 valence electrons. The third-order valence-electron chi connectivity index (χ3n) is 10.1. The largest absolute Gasteiger partial charge is 0.493 e. The molecule has 1 amide bonds. The van der Waals surface area contributed by atoms with Gasteiger partial charge in [0.05, 0.1) is 50.7 Å². The number of nitrogens with zero attached hydrogens (tertiary/aromatic N) is 1. The molecule has 1 atom stereocenters. The molecule has 1 aliphatic heterocycles. The number of amides is 1. The number of aromatic nitrogens is 1. The number of esters is 1. The summed E-state index contributed by atoms with van der Waals surface area (Å²) >= 11 is 0. The van der Waals surface area contributed by atoms with E-state index in [-0.39, 0.29) is 29.9 Å². The molecule has 3 aromatic carbocycles. The lowest BCUT2D eigenvalue weighted by atomic mass is 9.79. The molecule has 0 spiro atoms. The molecule has 0 aliphatic carbocycles. The van der Waals surface area contributed by atoms with Crippen molar-refractivity contribution in [3.05, 3.63) is 84.1 Å². The molecule has 1 saturated heterocycles. The van der Waals surface area contributed by atoms with Crippen molar-refractivity contribution in [1.29, 1.82) is 0 Å². The van der Waals surface area contributed by atoms with Crippen LogP contribution >= 0.6 is 0 Å². The van der Waals surface area contributed by atoms with Gasteiger partial charge in [-0.25, -0.2) is 0 Å². The lowest BCUT2D eigenvalue weighted by molar-refractivity contribution is -0.144. The quantitative estimate of drug-likeness (QED) is 0.0699. The van der Waals surface area contributed by atoms with Crippen molar-refractivity contribution in [2.45, 2.75) is 64.7 Å². The first-order valence-corrected chi connectivity index (χ1v) is 20.4. The average Bonchev–Trinajstić information content (AvgIpc) is 3.83. The van der Waals surface area contributed by atoms with Crippen LogP contribution in [0.5, 0.6) is 11.5 Å². The molecule has 4 aromatic rings. The van der Waals surface area contributed by atoms with Gasteiger partial charge in [-0.05, 0) is 51.9 Å². The zero-order valence-corrected chi connectivity index (χ0v) is 33.9. The second-order valence-electron chi connectivity index (χ2n) is 14.9. The van der Waals surface area contributed by atoms with Crippen LogP contribution in [0.4, 0.5) is 0 Å². The van der Waals surface area contributed by atoms with Crippen molar-refractivity contribution in [1.82, 2.24) is 9.88 Å². The fraction of sp³-hybridized carbons (Fsp3) is 0.442. The van der Waals surface area contributed by atoms with E-state index in [0.29, 0.717) is 61.8 Å². The van der Waals surface area contributed by atoms with Gasteiger partial charge in [-0.2, -0.15) is 0 Å². The van der Waals surface area contributed by atoms with Gasteiger partial charge in [-0.15, -0.1) is 0 Å². The molecule has 10 nitrogen and oxygen atoms in total. The number of ether oxygens (including phenoxy) is 5. The highest BCUT2D eigenvalue weighted by atomic mass is 28.4. The third-order valence-corrected chi connectivity index (χ3v) is 15.1. The van der Waals surface area contributed by atoms with Crippen LogP contribution in [0.1, 0.15) is 58.2 Å². The van der Waals surface area contributed by atoms with Gasteiger partial charge >= 0.3 is 5.97 Å². The van der Waals surface area contributed by atoms with Gasteiger partial charge in [0.15, 0.2) is 17.8 Å². The van der Waals surface area contributed by atoms with Gasteiger partial charge in [0.1, 0.15) is 0 Å². The molecule has 1 aromatic heterocycles. The lowest BCUT2D eigenvalue weighted by Gasteiger charge is -2.43. The van der Waals surface area contributed by atoms with E-state index in [2.05, 4.69) is 86.1 Å². The maximum absolute atomic E-state index is 13.6. The monoisotopic (exact) mass is 754 g/mol. The summed E-state index contributed by atoms with van der Waals surface area (Å²) in [6.45, 7) is 9.58. The van der Waals surface area contributed by atoms with E-state index < -0.39 is 20.0 Å². The van der Waals surface area contributed by atoms with Crippen LogP contribution in [0.15, 0.2) is 72.8 Å². The average molecular weight is 755 g/mol. The molecule has 1 N–H and O–H groups in total. The van der Waals surface area contributed by atoms with E-state index in [1.807, 2.05) is 24.3 Å². The molecule has 0 unspecified atom stereocenters. The van der Waals surface area contributed by atoms with Crippen LogP contribution in [-0.4, -0.2) is 91.1 Å². The number of aromatic amines is 1. The fourth-order valence-electron chi connectivity index (χ4n) is 7.42. The highest BCUT2D eigenvalue weighted by Gasteiger charge is 2.50. The Bertz CT molecular complexity index is 1900. The second-order valence-corrected chi connectivity index (χ2v) is 19.2. The first-order valence-electron chi connectivity index (χ1n) is 18.5. The highest BCUT2D eigenvalue weighted by Crippen LogP contribution is 2.41. The van der Waals surface area contributed by atoms with Crippen molar-refractivity contribution >= 4 is 41.5 Å². The predicted octanol–water partition coefficient (Wildman–Crippen LogP) is 5.84. The second kappa shape index (κ2) is 17.7. The Kier molecular flexibility index (Phi) is 13.3. The molecule has 11 heteroatoms. The number of benzene rings is 3. The maximum atomic E-state index is 13.6.